The average molecular weight is 427 g/mol. The number of sulfone groups is 1. The normalized spacial score (nSPS) is 14.8. The quantitative estimate of drug-likeness (QED) is 0.621. The fourth-order valence-corrected chi connectivity index (χ4v) is 5.89. The fourth-order valence-electron chi connectivity index (χ4n) is 3.96. The number of halogens is 1. The molecule has 1 saturated heterocycles. The number of nitrogens with zero attached hydrogens (tertiary/aromatic N) is 2. The largest absolute Gasteiger partial charge is 0.339 e. The molecule has 0 aliphatic carbocycles. The Labute approximate surface area is 175 Å². The third-order valence-corrected chi connectivity index (χ3v) is 7.55. The predicted octanol–water partition coefficient (Wildman–Crippen LogP) is 4.45. The highest BCUT2D eigenvalue weighted by Crippen LogP contribution is 2.34. The van der Waals surface area contributed by atoms with Crippen LogP contribution >= 0.6 is 0 Å². The van der Waals surface area contributed by atoms with Gasteiger partial charge in [-0.2, -0.15) is 0 Å². The Kier molecular flexibility index (Phi) is 5.32. The van der Waals surface area contributed by atoms with Gasteiger partial charge in [0.25, 0.3) is 5.91 Å². The van der Waals surface area contributed by atoms with E-state index in [0.29, 0.717) is 24.2 Å². The van der Waals surface area contributed by atoms with Crippen LogP contribution in [0.25, 0.3) is 10.9 Å². The van der Waals surface area contributed by atoms with Gasteiger partial charge in [-0.05, 0) is 68.5 Å². The number of piperidine rings is 1. The molecule has 1 aromatic heterocycles. The van der Waals surface area contributed by atoms with Crippen molar-refractivity contribution in [1.82, 2.24) is 9.88 Å². The Morgan fingerprint density at radius 3 is 2.50 bits per heavy atom. The molecule has 4 rings (SSSR count). The number of likely N-dealkylation sites (tertiary alicyclic amines) is 1. The average Bonchev–Trinajstić information content (AvgIpc) is 2.74. The highest BCUT2D eigenvalue weighted by atomic mass is 32.2. The molecule has 30 heavy (non-hydrogen) atoms. The van der Waals surface area contributed by atoms with E-state index in [2.05, 4.69) is 4.98 Å². The molecule has 2 aromatic carbocycles. The monoisotopic (exact) mass is 426 g/mol. The van der Waals surface area contributed by atoms with E-state index in [4.69, 9.17) is 0 Å². The van der Waals surface area contributed by atoms with Gasteiger partial charge in [0.15, 0.2) is 0 Å². The highest BCUT2D eigenvalue weighted by molar-refractivity contribution is 7.91. The summed E-state index contributed by atoms with van der Waals surface area (Å²) in [5, 5.41) is 0.124. The number of hydrogen-bond acceptors (Lipinski definition) is 4. The standard InChI is InChI=1S/C23H23FN2O3S/c1-15-6-7-16(2)21(12-15)30(28,29)22-18-13-17(24)8-9-20(18)25-14-19(22)23(27)26-10-4-3-5-11-26/h6-9,12-14H,3-5,10-11H2,1-2H3. The Morgan fingerprint density at radius 2 is 1.77 bits per heavy atom. The maximum absolute atomic E-state index is 14.1. The Hall–Kier alpha value is -2.80. The van der Waals surface area contributed by atoms with E-state index in [0.717, 1.165) is 30.9 Å². The summed E-state index contributed by atoms with van der Waals surface area (Å²) < 4.78 is 41.8. The lowest BCUT2D eigenvalue weighted by molar-refractivity contribution is 0.0720. The van der Waals surface area contributed by atoms with Crippen LogP contribution in [0.2, 0.25) is 0 Å². The summed E-state index contributed by atoms with van der Waals surface area (Å²) in [7, 11) is -4.10. The molecule has 1 aliphatic heterocycles. The van der Waals surface area contributed by atoms with Crippen LogP contribution in [0.4, 0.5) is 4.39 Å². The molecule has 0 atom stereocenters. The van der Waals surface area contributed by atoms with Crippen LogP contribution in [0.3, 0.4) is 0 Å². The highest BCUT2D eigenvalue weighted by Gasteiger charge is 2.31. The van der Waals surface area contributed by atoms with E-state index in [1.807, 2.05) is 13.0 Å². The lowest BCUT2D eigenvalue weighted by Crippen LogP contribution is -2.36. The first-order chi connectivity index (χ1) is 14.3. The summed E-state index contributed by atoms with van der Waals surface area (Å²) in [4.78, 5) is 19.2. The van der Waals surface area contributed by atoms with Gasteiger partial charge in [-0.25, -0.2) is 12.8 Å². The van der Waals surface area contributed by atoms with Crippen molar-refractivity contribution < 1.29 is 17.6 Å². The number of rotatable bonds is 3. The van der Waals surface area contributed by atoms with Crippen molar-refractivity contribution in [3.05, 3.63) is 65.1 Å². The van der Waals surface area contributed by atoms with Crippen LogP contribution in [0.15, 0.2) is 52.4 Å². The number of benzene rings is 2. The Bertz CT molecular complexity index is 1250. The van der Waals surface area contributed by atoms with Crippen LogP contribution in [0, 0.1) is 19.7 Å². The van der Waals surface area contributed by atoms with Gasteiger partial charge in [-0.3, -0.25) is 9.78 Å². The van der Waals surface area contributed by atoms with Crippen LogP contribution in [0.1, 0.15) is 40.7 Å². The summed E-state index contributed by atoms with van der Waals surface area (Å²) in [5.74, 6) is -0.957. The van der Waals surface area contributed by atoms with Crippen LogP contribution in [-0.4, -0.2) is 37.3 Å². The molecule has 0 bridgehead atoms. The Balaban J connectivity index is 2.01. The van der Waals surface area contributed by atoms with Gasteiger partial charge in [0.1, 0.15) is 5.82 Å². The molecule has 0 unspecified atom stereocenters. The summed E-state index contributed by atoms with van der Waals surface area (Å²) in [5.41, 5.74) is 1.68. The van der Waals surface area contributed by atoms with Gasteiger partial charge >= 0.3 is 0 Å². The van der Waals surface area contributed by atoms with E-state index >= 15 is 0 Å². The zero-order valence-electron chi connectivity index (χ0n) is 17.0. The molecule has 5 nitrogen and oxygen atoms in total. The number of fused-ring (bicyclic) bond motifs is 1. The predicted molar refractivity (Wildman–Crippen MR) is 113 cm³/mol. The third kappa shape index (κ3) is 3.58. The van der Waals surface area contributed by atoms with Crippen molar-refractivity contribution in [2.75, 3.05) is 13.1 Å². The molecule has 3 aromatic rings. The first-order valence-corrected chi connectivity index (χ1v) is 11.5. The minimum atomic E-state index is -4.10. The second-order valence-electron chi connectivity index (χ2n) is 7.79. The summed E-state index contributed by atoms with van der Waals surface area (Å²) in [6.45, 7) is 4.66. The zero-order chi connectivity index (χ0) is 21.5. The van der Waals surface area contributed by atoms with Crippen molar-refractivity contribution in [2.45, 2.75) is 42.9 Å². The smallest absolute Gasteiger partial charge is 0.256 e. The van der Waals surface area contributed by atoms with Gasteiger partial charge in [-0.1, -0.05) is 12.1 Å². The summed E-state index contributed by atoms with van der Waals surface area (Å²) in [6, 6.07) is 8.97. The topological polar surface area (TPSA) is 67.3 Å². The lowest BCUT2D eigenvalue weighted by atomic mass is 10.1. The number of pyridine rings is 1. The van der Waals surface area contributed by atoms with Gasteiger partial charge in [0, 0.05) is 24.7 Å². The minimum absolute atomic E-state index is 0.00379. The molecule has 2 heterocycles. The zero-order valence-corrected chi connectivity index (χ0v) is 17.8. The molecule has 0 saturated carbocycles. The van der Waals surface area contributed by atoms with Crippen LogP contribution < -0.4 is 0 Å². The first kappa shape index (κ1) is 20.5. The Morgan fingerprint density at radius 1 is 1.03 bits per heavy atom. The number of aromatic nitrogens is 1. The molecule has 0 N–H and O–H groups in total. The number of carbonyl (C=O) groups excluding carboxylic acids is 1. The molecular formula is C23H23FN2O3S. The first-order valence-electron chi connectivity index (χ1n) is 9.99. The van der Waals surface area contributed by atoms with E-state index in [9.17, 15) is 17.6 Å². The van der Waals surface area contributed by atoms with Crippen molar-refractivity contribution in [2.24, 2.45) is 0 Å². The van der Waals surface area contributed by atoms with Crippen LogP contribution in [-0.2, 0) is 9.84 Å². The third-order valence-electron chi connectivity index (χ3n) is 5.56. The minimum Gasteiger partial charge on any atom is -0.339 e. The summed E-state index contributed by atoms with van der Waals surface area (Å²) in [6.07, 6.45) is 4.11. The van der Waals surface area contributed by atoms with E-state index in [1.165, 1.54) is 18.3 Å². The molecule has 7 heteroatoms. The second-order valence-corrected chi connectivity index (χ2v) is 9.64. The number of carbonyl (C=O) groups is 1. The van der Waals surface area contributed by atoms with Gasteiger partial charge < -0.3 is 4.90 Å². The lowest BCUT2D eigenvalue weighted by Gasteiger charge is -2.27. The molecular weight excluding hydrogens is 403 g/mol. The second kappa shape index (κ2) is 7.80. The SMILES string of the molecule is Cc1ccc(C)c(S(=O)(=O)c2c(C(=O)N3CCCCC3)cnc3ccc(F)cc23)c1. The molecule has 1 aliphatic rings. The van der Waals surface area contributed by atoms with E-state index in [1.54, 1.807) is 24.0 Å². The molecule has 1 fully saturated rings. The van der Waals surface area contributed by atoms with Crippen molar-refractivity contribution in [1.29, 1.82) is 0 Å². The van der Waals surface area contributed by atoms with Gasteiger partial charge in [0.05, 0.1) is 20.9 Å². The number of amides is 1. The van der Waals surface area contributed by atoms with Gasteiger partial charge in [0.2, 0.25) is 9.84 Å². The van der Waals surface area contributed by atoms with Crippen LogP contribution in [0.5, 0.6) is 0 Å². The maximum atomic E-state index is 14.1. The van der Waals surface area contributed by atoms with E-state index in [-0.39, 0.29) is 26.6 Å². The van der Waals surface area contributed by atoms with Crippen molar-refractivity contribution in [3.8, 4) is 0 Å². The number of hydrogen-bond donors (Lipinski definition) is 0. The summed E-state index contributed by atoms with van der Waals surface area (Å²) >= 11 is 0. The molecule has 1 amide bonds. The molecule has 0 radical (unpaired) electrons. The van der Waals surface area contributed by atoms with E-state index < -0.39 is 15.7 Å². The molecule has 0 spiro atoms. The molecule has 156 valence electrons. The number of aryl methyl sites for hydroxylation is 2. The maximum Gasteiger partial charge on any atom is 0.256 e. The van der Waals surface area contributed by atoms with Gasteiger partial charge in [-0.15, -0.1) is 0 Å². The van der Waals surface area contributed by atoms with Crippen molar-refractivity contribution >= 4 is 26.6 Å². The fraction of sp³-hybridized carbons (Fsp3) is 0.304. The van der Waals surface area contributed by atoms with Crippen molar-refractivity contribution in [3.63, 3.8) is 0 Å².